The number of anilines is 2. The topological polar surface area (TPSA) is 644 Å². The van der Waals surface area contributed by atoms with Gasteiger partial charge in [0.25, 0.3) is 5.91 Å². The molecule has 0 aliphatic rings. The zero-order chi connectivity index (χ0) is 91.0. The van der Waals surface area contributed by atoms with Crippen LogP contribution in [0, 0.1) is 28.1 Å². The Morgan fingerprint density at radius 2 is 0.839 bits per heavy atom. The highest BCUT2D eigenvalue weighted by Crippen LogP contribution is 2.41. The number of nitrogens with zero attached hydrogens (tertiary/aromatic N) is 2. The quantitative estimate of drug-likeness (QED) is 0.00646. The summed E-state index contributed by atoms with van der Waals surface area (Å²) >= 11 is 0. The van der Waals surface area contributed by atoms with Crippen molar-refractivity contribution >= 4 is 128 Å². The fourth-order valence-electron chi connectivity index (χ4n) is 13.8. The first-order valence-electron chi connectivity index (χ1n) is 41.7. The number of aliphatic carboxylic acids is 1. The van der Waals surface area contributed by atoms with E-state index in [1.165, 1.54) is 0 Å². The van der Waals surface area contributed by atoms with E-state index < -0.39 is 157 Å². The van der Waals surface area contributed by atoms with Gasteiger partial charge in [0.2, 0.25) is 65.0 Å². The molecule has 4 aromatic carbocycles. The SMILES string of the molecule is CCN(CC)c1ccc2c(-c3ccccc3C(=O)NC(CCC(N)=O)C(=O)NC(CCCNC(=N)N)C(=O)NC(CC(C)C)C(=O)NC(Cc3ccccc3)C(=O)NC(CCC(N)=O)C(=O)NC(C(=O)NC(CCCCN)C(=O)NCC(=O)NC(CCCNC(=N)N)C(=O)NC(CCCNC(=N)N)C(=O)O)C(C)C)c3ccc(N(CC)CC)cc3[o+]c2c1.[Cl-]. The van der Waals surface area contributed by atoms with Gasteiger partial charge in [-0.3, -0.25) is 73.8 Å². The Morgan fingerprint density at radius 1 is 0.435 bits per heavy atom. The maximum absolute atomic E-state index is 15.1. The van der Waals surface area contributed by atoms with E-state index >= 15 is 14.4 Å². The third kappa shape index (κ3) is 34.3. The maximum Gasteiger partial charge on any atom is 0.363 e. The van der Waals surface area contributed by atoms with E-state index in [2.05, 4.69) is 107 Å². The predicted octanol–water partition coefficient (Wildman–Crippen LogP) is -2.20. The Kier molecular flexibility index (Phi) is 44.5. The molecule has 5 aromatic rings. The van der Waals surface area contributed by atoms with Crippen LogP contribution in [0.4, 0.5) is 11.4 Å². The molecule has 9 atom stereocenters. The molecule has 0 radical (unpaired) electrons. The van der Waals surface area contributed by atoms with E-state index in [9.17, 15) is 53.1 Å². The molecule has 0 aliphatic heterocycles. The normalized spacial score (nSPS) is 13.2. The zero-order valence-electron chi connectivity index (χ0n) is 71.9. The van der Waals surface area contributed by atoms with Gasteiger partial charge in [-0.05, 0) is 165 Å². The summed E-state index contributed by atoms with van der Waals surface area (Å²) in [6.45, 7) is 17.5. The number of hydrogen-bond acceptors (Lipinski definition) is 19. The summed E-state index contributed by atoms with van der Waals surface area (Å²) in [6, 6.07) is 13.8. The van der Waals surface area contributed by atoms with Crippen LogP contribution < -0.4 is 126 Å². The number of carboxylic acid groups (broad SMARTS) is 1. The van der Waals surface area contributed by atoms with Gasteiger partial charge in [-0.1, -0.05) is 76.2 Å². The largest absolute Gasteiger partial charge is 1.00 e. The van der Waals surface area contributed by atoms with Crippen LogP contribution in [0.15, 0.2) is 95.4 Å². The number of carboxylic acids is 1. The second-order valence-corrected chi connectivity index (χ2v) is 30.6. The smallest absolute Gasteiger partial charge is 0.363 e. The van der Waals surface area contributed by atoms with Crippen molar-refractivity contribution in [3.63, 3.8) is 0 Å². The van der Waals surface area contributed by atoms with E-state index in [0.29, 0.717) is 45.0 Å². The summed E-state index contributed by atoms with van der Waals surface area (Å²) in [4.78, 5) is 187. The number of unbranched alkanes of at least 4 members (excludes halogenated alkanes) is 1. The molecule has 0 saturated carbocycles. The van der Waals surface area contributed by atoms with Gasteiger partial charge in [-0.2, -0.15) is 0 Å². The molecule has 9 unspecified atom stereocenters. The van der Waals surface area contributed by atoms with Crippen LogP contribution in [0.3, 0.4) is 0 Å². The molecule has 5 rings (SSSR count). The van der Waals surface area contributed by atoms with Gasteiger partial charge < -0.3 is 131 Å². The molecule has 12 amide bonds. The number of fused-ring (bicyclic) bond motifs is 2. The number of carbonyl (C=O) groups excluding carboxylic acids is 12. The summed E-state index contributed by atoms with van der Waals surface area (Å²) in [6.07, 6.45) is -1.19. The fourth-order valence-corrected chi connectivity index (χ4v) is 13.8. The van der Waals surface area contributed by atoms with Crippen molar-refractivity contribution in [1.29, 1.82) is 16.2 Å². The van der Waals surface area contributed by atoms with E-state index in [4.69, 9.17) is 55.0 Å². The maximum atomic E-state index is 15.1. The Bertz CT molecular complexity index is 4410. The van der Waals surface area contributed by atoms with Crippen molar-refractivity contribution in [2.24, 2.45) is 46.2 Å². The van der Waals surface area contributed by atoms with Crippen LogP contribution in [-0.4, -0.2) is 213 Å². The van der Waals surface area contributed by atoms with Gasteiger partial charge in [0.05, 0.1) is 29.4 Å². The van der Waals surface area contributed by atoms with Crippen molar-refractivity contribution in [1.82, 2.24) is 69.1 Å². The highest BCUT2D eigenvalue weighted by atomic mass is 35.5. The fraction of sp³-hybridized carbons (Fsp3) is 0.512. The van der Waals surface area contributed by atoms with Crippen molar-refractivity contribution < 1.29 is 84.3 Å². The van der Waals surface area contributed by atoms with Crippen molar-refractivity contribution in [2.45, 2.75) is 206 Å². The van der Waals surface area contributed by atoms with Gasteiger partial charge in [-0.15, -0.1) is 0 Å². The number of hydrogen-bond donors (Lipinski definition) is 23. The molecule has 39 nitrogen and oxygen atoms in total. The molecule has 680 valence electrons. The van der Waals surface area contributed by atoms with Crippen LogP contribution in [0.25, 0.3) is 33.1 Å². The molecule has 29 N–H and O–H groups in total. The summed E-state index contributed by atoms with van der Waals surface area (Å²) in [7, 11) is 0. The molecular weight excluding hydrogens is 1620 g/mol. The van der Waals surface area contributed by atoms with E-state index in [1.807, 2.05) is 36.4 Å². The monoisotopic (exact) mass is 1750 g/mol. The number of amides is 12. The van der Waals surface area contributed by atoms with Gasteiger partial charge in [-0.25, -0.2) is 9.21 Å². The van der Waals surface area contributed by atoms with Crippen molar-refractivity contribution in [3.8, 4) is 11.1 Å². The Labute approximate surface area is 728 Å². The van der Waals surface area contributed by atoms with Crippen LogP contribution in [-0.2, 0) is 64.0 Å². The van der Waals surface area contributed by atoms with Gasteiger partial charge in [0.15, 0.2) is 17.9 Å². The lowest BCUT2D eigenvalue weighted by molar-refractivity contribution is -0.142. The van der Waals surface area contributed by atoms with E-state index in [-0.39, 0.29) is 145 Å². The lowest BCUT2D eigenvalue weighted by Gasteiger charge is -2.29. The van der Waals surface area contributed by atoms with Crippen LogP contribution in [0.1, 0.15) is 161 Å². The molecule has 0 fully saturated rings. The average molecular weight is 1750 g/mol. The lowest BCUT2D eigenvalue weighted by atomic mass is 9.92. The minimum atomic E-state index is -1.64. The van der Waals surface area contributed by atoms with Gasteiger partial charge in [0.1, 0.15) is 54.4 Å². The Morgan fingerprint density at radius 3 is 1.31 bits per heavy atom. The lowest BCUT2D eigenvalue weighted by Crippen LogP contribution is -3.00. The first-order valence-corrected chi connectivity index (χ1v) is 41.7. The number of primary amides is 2. The summed E-state index contributed by atoms with van der Waals surface area (Å²) < 4.78 is 6.73. The summed E-state index contributed by atoms with van der Waals surface area (Å²) in [5, 5.41) is 68.0. The minimum absolute atomic E-state index is 0. The molecular formula is C84H127ClN24O15. The van der Waals surface area contributed by atoms with E-state index in [1.54, 1.807) is 82.3 Å². The Hall–Kier alpha value is -12.7. The second-order valence-electron chi connectivity index (χ2n) is 30.6. The summed E-state index contributed by atoms with van der Waals surface area (Å²) in [5.41, 5.74) is 38.2. The molecule has 0 aliphatic carbocycles. The minimum Gasteiger partial charge on any atom is -1.00 e. The zero-order valence-corrected chi connectivity index (χ0v) is 72.6. The van der Waals surface area contributed by atoms with Crippen LogP contribution in [0.5, 0.6) is 0 Å². The number of nitrogens with one attached hydrogen (secondary N) is 16. The van der Waals surface area contributed by atoms with Crippen molar-refractivity contribution in [2.75, 3.05) is 68.7 Å². The molecule has 0 bridgehead atoms. The third-order valence-corrected chi connectivity index (χ3v) is 20.4. The second kappa shape index (κ2) is 53.3. The Balaban J connectivity index is 0.0000323. The molecule has 1 aromatic heterocycles. The first kappa shape index (κ1) is 104. The number of rotatable bonds is 55. The van der Waals surface area contributed by atoms with Crippen LogP contribution >= 0.6 is 0 Å². The molecule has 40 heteroatoms. The highest BCUT2D eigenvalue weighted by molar-refractivity contribution is 6.14. The predicted molar refractivity (Wildman–Crippen MR) is 470 cm³/mol. The standard InChI is InChI=1S/C84H126N24O15.ClH/c1-9-107(10-2)51-31-33-55-65(45-51)123-66-46-52(108(11-3)12-4)32-34-56(66)70(55)53-25-16-17-26-54(53)72(112)99-60(35-37-67(86)109)76(116)100-59(29-21-41-95-83(90)91)75(115)104-63(43-48(5)6)78(118)105-64(44-50-23-14-13-15-24-50)79(119)101-61(36-38-68(87)110)77(117)106-71(49(7)8)80(120)102-57(27-18-19-39-85)73(113)97-47-69(111)98-58(28-20-40-94-82(88)89)74(114)103-62(81(121)122)30-22-42-96-84(92)93;/h13-17,23-26,31-34,45-46,48-49,57-64,71H,9-12,18-22,27-30,35-44,47,85H2,1-8H3,(H26-,86,87,88,89,90,91,92,93,94,95,96,97,98,99,100,101,102,103,104,105,106,109,110,111,112,113,114,115,116,117,118,119,120,121,122);1H. The van der Waals surface area contributed by atoms with Crippen LogP contribution in [0.2, 0.25) is 0 Å². The van der Waals surface area contributed by atoms with Gasteiger partial charge >= 0.3 is 17.1 Å². The molecule has 0 saturated heterocycles. The average Bonchev–Trinajstić information content (AvgIpc) is 0.743. The van der Waals surface area contributed by atoms with Crippen molar-refractivity contribution in [3.05, 3.63) is 102 Å². The number of carbonyl (C=O) groups is 13. The number of guanidine groups is 3. The third-order valence-electron chi connectivity index (χ3n) is 20.4. The first-order chi connectivity index (χ1) is 58.5. The number of nitrogens with two attached hydrogens (primary N) is 6. The molecule has 1 heterocycles. The van der Waals surface area contributed by atoms with Gasteiger partial charge in [0, 0.05) is 87.6 Å². The number of benzene rings is 4. The summed E-state index contributed by atoms with van der Waals surface area (Å²) in [5.74, 6) is -14.2. The van der Waals surface area contributed by atoms with E-state index in [0.717, 1.165) is 37.6 Å². The number of halogens is 1. The molecule has 0 spiro atoms. The molecule has 124 heavy (non-hydrogen) atoms. The highest BCUT2D eigenvalue weighted by Gasteiger charge is 2.38.